The molecule has 0 aliphatic rings. The van der Waals surface area contributed by atoms with Crippen LogP contribution < -0.4 is 10.6 Å². The molecule has 0 spiro atoms. The van der Waals surface area contributed by atoms with Gasteiger partial charge in [0.2, 0.25) is 0 Å². The molecule has 0 aromatic heterocycles. The molecule has 3 nitrogen and oxygen atoms in total. The van der Waals surface area contributed by atoms with Crippen molar-refractivity contribution in [3.63, 3.8) is 0 Å². The molecule has 0 unspecified atom stereocenters. The third kappa shape index (κ3) is 8.35. The van der Waals surface area contributed by atoms with Crippen molar-refractivity contribution >= 4 is 29.9 Å². The van der Waals surface area contributed by atoms with Crippen molar-refractivity contribution in [2.75, 3.05) is 13.6 Å². The fourth-order valence-electron chi connectivity index (χ4n) is 1.56. The van der Waals surface area contributed by atoms with Crippen molar-refractivity contribution in [1.82, 2.24) is 10.6 Å². The third-order valence-corrected chi connectivity index (χ3v) is 2.76. The van der Waals surface area contributed by atoms with Crippen molar-refractivity contribution in [1.29, 1.82) is 0 Å². The summed E-state index contributed by atoms with van der Waals surface area (Å²) in [5.41, 5.74) is 1.34. The van der Waals surface area contributed by atoms with Crippen molar-refractivity contribution in [2.45, 2.75) is 33.7 Å². The smallest absolute Gasteiger partial charge is 0.191 e. The molecule has 0 fully saturated rings. The van der Waals surface area contributed by atoms with E-state index in [1.54, 1.807) is 19.2 Å². The number of benzene rings is 1. The minimum atomic E-state index is -0.212. The molecule has 1 rings (SSSR count). The van der Waals surface area contributed by atoms with Gasteiger partial charge in [0.25, 0.3) is 0 Å². The second kappa shape index (κ2) is 9.15. The maximum atomic E-state index is 12.8. The Balaban J connectivity index is 0.00000361. The molecule has 0 aliphatic heterocycles. The molecule has 0 aliphatic carbocycles. The monoisotopic (exact) mass is 393 g/mol. The van der Waals surface area contributed by atoms with Gasteiger partial charge in [-0.3, -0.25) is 4.99 Å². The van der Waals surface area contributed by atoms with E-state index >= 15 is 0 Å². The topological polar surface area (TPSA) is 36.4 Å². The Hall–Kier alpha value is -0.850. The van der Waals surface area contributed by atoms with Gasteiger partial charge in [-0.15, -0.1) is 24.0 Å². The molecule has 0 bridgehead atoms. The standard InChI is InChI=1S/C15H24FN3.HI/c1-15(2,3)9-10-18-14(17-4)19-11-12-5-7-13(16)8-6-12;/h5-8H,9-11H2,1-4H3,(H2,17,18,19);1H. The summed E-state index contributed by atoms with van der Waals surface area (Å²) in [7, 11) is 1.75. The molecule has 0 radical (unpaired) electrons. The molecule has 0 saturated carbocycles. The van der Waals surface area contributed by atoms with Crippen molar-refractivity contribution in [3.8, 4) is 0 Å². The van der Waals surface area contributed by atoms with Crippen LogP contribution in [0.2, 0.25) is 0 Å². The summed E-state index contributed by atoms with van der Waals surface area (Å²) in [6.07, 6.45) is 1.07. The van der Waals surface area contributed by atoms with Gasteiger partial charge in [0.15, 0.2) is 5.96 Å². The van der Waals surface area contributed by atoms with Crippen LogP contribution in [0.3, 0.4) is 0 Å². The van der Waals surface area contributed by atoms with Gasteiger partial charge in [0.1, 0.15) is 5.82 Å². The first-order chi connectivity index (χ1) is 8.90. The number of hydrogen-bond donors (Lipinski definition) is 2. The Bertz CT molecular complexity index is 410. The zero-order valence-electron chi connectivity index (χ0n) is 12.7. The summed E-state index contributed by atoms with van der Waals surface area (Å²) >= 11 is 0. The first-order valence-electron chi connectivity index (χ1n) is 6.60. The molecule has 0 heterocycles. The first kappa shape index (κ1) is 19.1. The lowest BCUT2D eigenvalue weighted by Gasteiger charge is -2.19. The molecule has 20 heavy (non-hydrogen) atoms. The zero-order chi connectivity index (χ0) is 14.3. The highest BCUT2D eigenvalue weighted by Crippen LogP contribution is 2.16. The summed E-state index contributed by atoms with van der Waals surface area (Å²) in [6, 6.07) is 6.47. The third-order valence-electron chi connectivity index (χ3n) is 2.76. The Morgan fingerprint density at radius 2 is 1.75 bits per heavy atom. The Labute approximate surface area is 138 Å². The summed E-state index contributed by atoms with van der Waals surface area (Å²) in [5.74, 6) is 0.560. The fourth-order valence-corrected chi connectivity index (χ4v) is 1.56. The van der Waals surface area contributed by atoms with Crippen LogP contribution in [-0.2, 0) is 6.54 Å². The lowest BCUT2D eigenvalue weighted by atomic mass is 9.92. The van der Waals surface area contributed by atoms with E-state index in [2.05, 4.69) is 36.4 Å². The highest BCUT2D eigenvalue weighted by molar-refractivity contribution is 14.0. The van der Waals surface area contributed by atoms with E-state index in [0.717, 1.165) is 24.5 Å². The number of nitrogens with one attached hydrogen (secondary N) is 2. The van der Waals surface area contributed by atoms with Crippen LogP contribution in [0.4, 0.5) is 4.39 Å². The van der Waals surface area contributed by atoms with E-state index < -0.39 is 0 Å². The predicted molar refractivity (Wildman–Crippen MR) is 94.1 cm³/mol. The highest BCUT2D eigenvalue weighted by atomic mass is 127. The number of guanidine groups is 1. The molecule has 5 heteroatoms. The lowest BCUT2D eigenvalue weighted by molar-refractivity contribution is 0.377. The molecule has 1 aromatic rings. The van der Waals surface area contributed by atoms with E-state index in [1.807, 2.05) is 0 Å². The number of aliphatic imine (C=N–C) groups is 1. The average Bonchev–Trinajstić information content (AvgIpc) is 2.34. The van der Waals surface area contributed by atoms with Gasteiger partial charge in [-0.1, -0.05) is 32.9 Å². The van der Waals surface area contributed by atoms with E-state index in [1.165, 1.54) is 12.1 Å². The van der Waals surface area contributed by atoms with Crippen LogP contribution in [0.15, 0.2) is 29.3 Å². The van der Waals surface area contributed by atoms with Gasteiger partial charge in [0, 0.05) is 20.1 Å². The van der Waals surface area contributed by atoms with Crippen molar-refractivity contribution < 1.29 is 4.39 Å². The SMILES string of the molecule is CN=C(NCCC(C)(C)C)NCc1ccc(F)cc1.I. The zero-order valence-corrected chi connectivity index (χ0v) is 15.0. The van der Waals surface area contributed by atoms with Gasteiger partial charge in [-0.05, 0) is 29.5 Å². The second-order valence-corrected chi connectivity index (χ2v) is 5.79. The summed E-state index contributed by atoms with van der Waals surface area (Å²) in [4.78, 5) is 4.16. The van der Waals surface area contributed by atoms with Gasteiger partial charge in [-0.25, -0.2) is 4.39 Å². The van der Waals surface area contributed by atoms with Crippen molar-refractivity contribution in [3.05, 3.63) is 35.6 Å². The van der Waals surface area contributed by atoms with Crippen molar-refractivity contribution in [2.24, 2.45) is 10.4 Å². The van der Waals surface area contributed by atoms with Gasteiger partial charge >= 0.3 is 0 Å². The average molecular weight is 393 g/mol. The van der Waals surface area contributed by atoms with Gasteiger partial charge in [0.05, 0.1) is 0 Å². The van der Waals surface area contributed by atoms with Crippen LogP contribution >= 0.6 is 24.0 Å². The molecule has 0 amide bonds. The molecule has 114 valence electrons. The number of hydrogen-bond acceptors (Lipinski definition) is 1. The summed E-state index contributed by atoms with van der Waals surface area (Å²) < 4.78 is 12.8. The largest absolute Gasteiger partial charge is 0.356 e. The number of halogens is 2. The van der Waals surface area contributed by atoms with Gasteiger partial charge < -0.3 is 10.6 Å². The Kier molecular flexibility index (Phi) is 8.76. The second-order valence-electron chi connectivity index (χ2n) is 5.79. The van der Waals surface area contributed by atoms with E-state index in [9.17, 15) is 4.39 Å². The molecular formula is C15H25FIN3. The Morgan fingerprint density at radius 3 is 2.25 bits per heavy atom. The number of nitrogens with zero attached hydrogens (tertiary/aromatic N) is 1. The molecule has 1 aromatic carbocycles. The van der Waals surface area contributed by atoms with Crippen LogP contribution in [0.25, 0.3) is 0 Å². The van der Waals surface area contributed by atoms with Crippen LogP contribution in [0.5, 0.6) is 0 Å². The minimum Gasteiger partial charge on any atom is -0.356 e. The van der Waals surface area contributed by atoms with E-state index in [0.29, 0.717) is 12.0 Å². The van der Waals surface area contributed by atoms with Crippen LogP contribution in [-0.4, -0.2) is 19.6 Å². The quantitative estimate of drug-likeness (QED) is 0.467. The lowest BCUT2D eigenvalue weighted by Crippen LogP contribution is -2.38. The Morgan fingerprint density at radius 1 is 1.15 bits per heavy atom. The minimum absolute atomic E-state index is 0. The van der Waals surface area contributed by atoms with Gasteiger partial charge in [-0.2, -0.15) is 0 Å². The molecule has 2 N–H and O–H groups in total. The summed E-state index contributed by atoms with van der Waals surface area (Å²) in [5, 5.41) is 6.48. The molecule has 0 atom stereocenters. The summed E-state index contributed by atoms with van der Waals surface area (Å²) in [6.45, 7) is 8.15. The van der Waals surface area contributed by atoms with E-state index in [-0.39, 0.29) is 29.8 Å². The normalized spacial score (nSPS) is 11.8. The molecule has 0 saturated heterocycles. The highest BCUT2D eigenvalue weighted by Gasteiger charge is 2.09. The molecular weight excluding hydrogens is 368 g/mol. The maximum absolute atomic E-state index is 12.8. The first-order valence-corrected chi connectivity index (χ1v) is 6.60. The fraction of sp³-hybridized carbons (Fsp3) is 0.533. The van der Waals surface area contributed by atoms with Crippen LogP contribution in [0, 0.1) is 11.2 Å². The van der Waals surface area contributed by atoms with E-state index in [4.69, 9.17) is 0 Å². The maximum Gasteiger partial charge on any atom is 0.191 e. The van der Waals surface area contributed by atoms with Crippen LogP contribution in [0.1, 0.15) is 32.8 Å². The number of rotatable bonds is 4. The predicted octanol–water partition coefficient (Wildman–Crippen LogP) is 3.54.